The number of benzene rings is 1. The lowest BCUT2D eigenvalue weighted by Gasteiger charge is -2.33. The lowest BCUT2D eigenvalue weighted by atomic mass is 9.90. The summed E-state index contributed by atoms with van der Waals surface area (Å²) in [6.07, 6.45) is 2.35. The van der Waals surface area contributed by atoms with Crippen molar-refractivity contribution in [2.45, 2.75) is 32.4 Å². The van der Waals surface area contributed by atoms with Crippen molar-refractivity contribution in [3.8, 4) is 0 Å². The molecule has 2 rings (SSSR count). The van der Waals surface area contributed by atoms with Crippen molar-refractivity contribution < 1.29 is 8.78 Å². The van der Waals surface area contributed by atoms with Crippen LogP contribution in [0.15, 0.2) is 18.2 Å². The van der Waals surface area contributed by atoms with Crippen molar-refractivity contribution >= 4 is 0 Å². The molecule has 1 saturated heterocycles. The first kappa shape index (κ1) is 14.4. The second-order valence-electron chi connectivity index (χ2n) is 5.55. The second kappa shape index (κ2) is 6.44. The van der Waals surface area contributed by atoms with Crippen LogP contribution >= 0.6 is 0 Å². The molecular weight excluding hydrogens is 246 g/mol. The number of piperidine rings is 1. The molecule has 1 aliphatic rings. The van der Waals surface area contributed by atoms with Gasteiger partial charge in [-0.2, -0.15) is 0 Å². The molecule has 0 radical (unpaired) electrons. The molecule has 1 atom stereocenters. The molecule has 2 nitrogen and oxygen atoms in total. The summed E-state index contributed by atoms with van der Waals surface area (Å²) < 4.78 is 26.3. The van der Waals surface area contributed by atoms with Crippen LogP contribution in [0.25, 0.3) is 0 Å². The standard InChI is InChI=1S/C15H22F2N2/c1-11(12-5-7-19(2)8-6-12)18-10-13-3-4-14(16)9-15(13)17/h3-4,9,11-12,18H,5-8,10H2,1-2H3. The van der Waals surface area contributed by atoms with E-state index in [1.54, 1.807) is 0 Å². The summed E-state index contributed by atoms with van der Waals surface area (Å²) in [6.45, 7) is 4.86. The number of halogens is 2. The smallest absolute Gasteiger partial charge is 0.130 e. The van der Waals surface area contributed by atoms with Crippen LogP contribution in [0, 0.1) is 17.6 Å². The van der Waals surface area contributed by atoms with Gasteiger partial charge in [0.1, 0.15) is 11.6 Å². The van der Waals surface area contributed by atoms with Gasteiger partial charge >= 0.3 is 0 Å². The normalized spacial score (nSPS) is 19.6. The van der Waals surface area contributed by atoms with Crippen LogP contribution in [0.2, 0.25) is 0 Å². The Morgan fingerprint density at radius 1 is 1.32 bits per heavy atom. The SMILES string of the molecule is CC(NCc1ccc(F)cc1F)C1CCN(C)CC1. The third kappa shape index (κ3) is 3.98. The van der Waals surface area contributed by atoms with Gasteiger partial charge in [-0.3, -0.25) is 0 Å². The Balaban J connectivity index is 1.84. The number of nitrogens with zero attached hydrogens (tertiary/aromatic N) is 1. The molecule has 1 fully saturated rings. The molecule has 0 aromatic heterocycles. The first-order chi connectivity index (χ1) is 9.06. The van der Waals surface area contributed by atoms with Crippen LogP contribution in [-0.4, -0.2) is 31.1 Å². The highest BCUT2D eigenvalue weighted by Crippen LogP contribution is 2.20. The van der Waals surface area contributed by atoms with Gasteiger partial charge in [0.15, 0.2) is 0 Å². The van der Waals surface area contributed by atoms with Crippen LogP contribution in [0.4, 0.5) is 8.78 Å². The Labute approximate surface area is 113 Å². The number of rotatable bonds is 4. The molecule has 4 heteroatoms. The molecule has 1 unspecified atom stereocenters. The molecule has 0 aliphatic carbocycles. The molecule has 1 aromatic rings. The van der Waals surface area contributed by atoms with Gasteiger partial charge in [-0.05, 0) is 51.9 Å². The molecule has 1 aliphatic heterocycles. The van der Waals surface area contributed by atoms with Gasteiger partial charge < -0.3 is 10.2 Å². The van der Waals surface area contributed by atoms with Crippen LogP contribution in [0.3, 0.4) is 0 Å². The quantitative estimate of drug-likeness (QED) is 0.903. The minimum Gasteiger partial charge on any atom is -0.310 e. The molecule has 0 spiro atoms. The summed E-state index contributed by atoms with van der Waals surface area (Å²) in [5.41, 5.74) is 0.529. The summed E-state index contributed by atoms with van der Waals surface area (Å²) in [4.78, 5) is 2.34. The van der Waals surface area contributed by atoms with E-state index in [9.17, 15) is 8.78 Å². The van der Waals surface area contributed by atoms with E-state index in [1.807, 2.05) is 0 Å². The van der Waals surface area contributed by atoms with Crippen molar-refractivity contribution in [2.75, 3.05) is 20.1 Å². The van der Waals surface area contributed by atoms with Gasteiger partial charge in [-0.15, -0.1) is 0 Å². The highest BCUT2D eigenvalue weighted by atomic mass is 19.1. The summed E-state index contributed by atoms with van der Waals surface area (Å²) in [7, 11) is 2.14. The van der Waals surface area contributed by atoms with E-state index < -0.39 is 11.6 Å². The van der Waals surface area contributed by atoms with Crippen LogP contribution in [0.1, 0.15) is 25.3 Å². The molecule has 0 bridgehead atoms. The second-order valence-corrected chi connectivity index (χ2v) is 5.55. The fraction of sp³-hybridized carbons (Fsp3) is 0.600. The average Bonchev–Trinajstić information content (AvgIpc) is 2.38. The summed E-state index contributed by atoms with van der Waals surface area (Å²) >= 11 is 0. The topological polar surface area (TPSA) is 15.3 Å². The number of hydrogen-bond acceptors (Lipinski definition) is 2. The largest absolute Gasteiger partial charge is 0.310 e. The van der Waals surface area contributed by atoms with Crippen LogP contribution in [0.5, 0.6) is 0 Å². The Bertz CT molecular complexity index is 415. The number of likely N-dealkylation sites (tertiary alicyclic amines) is 1. The molecule has 0 saturated carbocycles. The third-order valence-corrected chi connectivity index (χ3v) is 4.10. The van der Waals surface area contributed by atoms with Crippen molar-refractivity contribution in [3.63, 3.8) is 0 Å². The first-order valence-electron chi connectivity index (χ1n) is 6.92. The molecule has 1 N–H and O–H groups in total. The fourth-order valence-corrected chi connectivity index (χ4v) is 2.63. The predicted octanol–water partition coefficient (Wildman–Crippen LogP) is 2.78. The van der Waals surface area contributed by atoms with Crippen molar-refractivity contribution in [1.82, 2.24) is 10.2 Å². The van der Waals surface area contributed by atoms with Crippen molar-refractivity contribution in [2.24, 2.45) is 5.92 Å². The van der Waals surface area contributed by atoms with Gasteiger partial charge in [-0.1, -0.05) is 6.07 Å². The molecular formula is C15H22F2N2. The van der Waals surface area contributed by atoms with Gasteiger partial charge in [0.2, 0.25) is 0 Å². The number of hydrogen-bond donors (Lipinski definition) is 1. The van der Waals surface area contributed by atoms with Gasteiger partial charge in [0.25, 0.3) is 0 Å². The van der Waals surface area contributed by atoms with Gasteiger partial charge in [0, 0.05) is 24.2 Å². The molecule has 0 amide bonds. The molecule has 106 valence electrons. The zero-order valence-electron chi connectivity index (χ0n) is 11.6. The minimum absolute atomic E-state index is 0.359. The first-order valence-corrected chi connectivity index (χ1v) is 6.92. The summed E-state index contributed by atoms with van der Waals surface area (Å²) in [6, 6.07) is 4.12. The Morgan fingerprint density at radius 2 is 2.00 bits per heavy atom. The fourth-order valence-electron chi connectivity index (χ4n) is 2.63. The van der Waals surface area contributed by atoms with E-state index in [-0.39, 0.29) is 0 Å². The highest BCUT2D eigenvalue weighted by Gasteiger charge is 2.21. The van der Waals surface area contributed by atoms with Crippen LogP contribution in [-0.2, 0) is 6.54 Å². The average molecular weight is 268 g/mol. The highest BCUT2D eigenvalue weighted by molar-refractivity contribution is 5.18. The van der Waals surface area contributed by atoms with Crippen molar-refractivity contribution in [1.29, 1.82) is 0 Å². The number of nitrogens with one attached hydrogen (secondary N) is 1. The maximum Gasteiger partial charge on any atom is 0.130 e. The summed E-state index contributed by atoms with van der Waals surface area (Å²) in [5, 5.41) is 3.36. The molecule has 1 heterocycles. The lowest BCUT2D eigenvalue weighted by Crippen LogP contribution is -2.40. The van der Waals surface area contributed by atoms with E-state index in [2.05, 4.69) is 24.2 Å². The predicted molar refractivity (Wildman–Crippen MR) is 72.9 cm³/mol. The maximum atomic E-state index is 13.5. The van der Waals surface area contributed by atoms with Crippen LogP contribution < -0.4 is 5.32 Å². The monoisotopic (exact) mass is 268 g/mol. The Hall–Kier alpha value is -1.00. The van der Waals surface area contributed by atoms with E-state index in [0.717, 1.165) is 19.2 Å². The van der Waals surface area contributed by atoms with E-state index in [4.69, 9.17) is 0 Å². The van der Waals surface area contributed by atoms with E-state index in [0.29, 0.717) is 24.1 Å². The van der Waals surface area contributed by atoms with E-state index >= 15 is 0 Å². The third-order valence-electron chi connectivity index (χ3n) is 4.10. The van der Waals surface area contributed by atoms with Gasteiger partial charge in [-0.25, -0.2) is 8.78 Å². The Kier molecular flexibility index (Phi) is 4.88. The minimum atomic E-state index is -0.524. The molecule has 19 heavy (non-hydrogen) atoms. The van der Waals surface area contributed by atoms with Gasteiger partial charge in [0.05, 0.1) is 0 Å². The van der Waals surface area contributed by atoms with Crippen molar-refractivity contribution in [3.05, 3.63) is 35.4 Å². The maximum absolute atomic E-state index is 13.5. The Morgan fingerprint density at radius 3 is 2.63 bits per heavy atom. The lowest BCUT2D eigenvalue weighted by molar-refractivity contribution is 0.189. The summed E-state index contributed by atoms with van der Waals surface area (Å²) in [5.74, 6) is -0.354. The van der Waals surface area contributed by atoms with E-state index in [1.165, 1.54) is 25.0 Å². The zero-order chi connectivity index (χ0) is 13.8. The zero-order valence-corrected chi connectivity index (χ0v) is 11.6. The molecule has 1 aromatic carbocycles.